The van der Waals surface area contributed by atoms with Gasteiger partial charge in [-0.25, -0.2) is 0 Å². The lowest BCUT2D eigenvalue weighted by Crippen LogP contribution is -2.60. The summed E-state index contributed by atoms with van der Waals surface area (Å²) in [4.78, 5) is 2.89. The monoisotopic (exact) mass is 266 g/mol. The van der Waals surface area contributed by atoms with Gasteiger partial charge in [-0.2, -0.15) is 0 Å². The lowest BCUT2D eigenvalue weighted by atomic mass is 9.92. The second-order valence-corrected chi connectivity index (χ2v) is 6.80. The Morgan fingerprint density at radius 2 is 1.79 bits per heavy atom. The van der Waals surface area contributed by atoms with Crippen LogP contribution >= 0.6 is 0 Å². The SMILES string of the molecule is CCC(C)C1CN(C2CCCCCC2)C(CC)CN1. The Balaban J connectivity index is 1.99. The third kappa shape index (κ3) is 3.95. The maximum atomic E-state index is 3.81. The summed E-state index contributed by atoms with van der Waals surface area (Å²) in [6.45, 7) is 9.60. The summed E-state index contributed by atoms with van der Waals surface area (Å²) >= 11 is 0. The zero-order valence-electron chi connectivity index (χ0n) is 13.3. The van der Waals surface area contributed by atoms with E-state index < -0.39 is 0 Å². The van der Waals surface area contributed by atoms with Crippen molar-refractivity contribution in [2.45, 2.75) is 90.3 Å². The molecule has 2 rings (SSSR count). The molecule has 0 aromatic heterocycles. The van der Waals surface area contributed by atoms with E-state index in [-0.39, 0.29) is 0 Å². The predicted molar refractivity (Wildman–Crippen MR) is 83.5 cm³/mol. The van der Waals surface area contributed by atoms with E-state index in [1.165, 1.54) is 64.5 Å². The smallest absolute Gasteiger partial charge is 0.0221 e. The van der Waals surface area contributed by atoms with Crippen molar-refractivity contribution in [3.63, 3.8) is 0 Å². The van der Waals surface area contributed by atoms with Gasteiger partial charge in [0.05, 0.1) is 0 Å². The van der Waals surface area contributed by atoms with E-state index in [1.807, 2.05) is 0 Å². The molecule has 19 heavy (non-hydrogen) atoms. The molecule has 2 heteroatoms. The van der Waals surface area contributed by atoms with Crippen LogP contribution in [0.15, 0.2) is 0 Å². The molecular weight excluding hydrogens is 232 g/mol. The van der Waals surface area contributed by atoms with Crippen LogP contribution in [0.2, 0.25) is 0 Å². The first kappa shape index (κ1) is 15.3. The van der Waals surface area contributed by atoms with Gasteiger partial charge in [-0.3, -0.25) is 4.90 Å². The van der Waals surface area contributed by atoms with E-state index in [4.69, 9.17) is 0 Å². The number of piperazine rings is 1. The van der Waals surface area contributed by atoms with Crippen LogP contribution in [0.25, 0.3) is 0 Å². The van der Waals surface area contributed by atoms with Crippen LogP contribution < -0.4 is 5.32 Å². The Bertz CT molecular complexity index is 246. The minimum absolute atomic E-state index is 0.719. The molecule has 2 aliphatic rings. The van der Waals surface area contributed by atoms with Crippen LogP contribution in [0.4, 0.5) is 0 Å². The van der Waals surface area contributed by atoms with Crippen molar-refractivity contribution in [3.05, 3.63) is 0 Å². The zero-order valence-corrected chi connectivity index (χ0v) is 13.3. The fourth-order valence-corrected chi connectivity index (χ4v) is 3.93. The minimum Gasteiger partial charge on any atom is -0.311 e. The molecule has 0 aromatic carbocycles. The lowest BCUT2D eigenvalue weighted by Gasteiger charge is -2.46. The second-order valence-electron chi connectivity index (χ2n) is 6.80. The summed E-state index contributed by atoms with van der Waals surface area (Å²) in [7, 11) is 0. The van der Waals surface area contributed by atoms with Gasteiger partial charge in [0.1, 0.15) is 0 Å². The first-order chi connectivity index (χ1) is 9.26. The highest BCUT2D eigenvalue weighted by atomic mass is 15.3. The molecule has 1 aliphatic heterocycles. The van der Waals surface area contributed by atoms with Crippen LogP contribution in [0, 0.1) is 5.92 Å². The van der Waals surface area contributed by atoms with E-state index in [2.05, 4.69) is 31.0 Å². The van der Waals surface area contributed by atoms with Gasteiger partial charge in [0, 0.05) is 31.2 Å². The summed E-state index contributed by atoms with van der Waals surface area (Å²) in [5, 5.41) is 3.81. The third-order valence-corrected chi connectivity index (χ3v) is 5.59. The Labute approximate surface area is 120 Å². The highest BCUT2D eigenvalue weighted by Gasteiger charge is 2.33. The lowest BCUT2D eigenvalue weighted by molar-refractivity contribution is 0.0571. The van der Waals surface area contributed by atoms with Gasteiger partial charge < -0.3 is 5.32 Å². The van der Waals surface area contributed by atoms with Crippen molar-refractivity contribution in [2.24, 2.45) is 5.92 Å². The topological polar surface area (TPSA) is 15.3 Å². The quantitative estimate of drug-likeness (QED) is 0.779. The van der Waals surface area contributed by atoms with E-state index in [0.29, 0.717) is 0 Å². The first-order valence-electron chi connectivity index (χ1n) is 8.75. The fourth-order valence-electron chi connectivity index (χ4n) is 3.93. The Morgan fingerprint density at radius 3 is 2.37 bits per heavy atom. The normalized spacial score (nSPS) is 33.0. The van der Waals surface area contributed by atoms with Crippen molar-refractivity contribution >= 4 is 0 Å². The molecule has 1 saturated carbocycles. The van der Waals surface area contributed by atoms with E-state index in [9.17, 15) is 0 Å². The van der Waals surface area contributed by atoms with Gasteiger partial charge in [0.2, 0.25) is 0 Å². The highest BCUT2D eigenvalue weighted by Crippen LogP contribution is 2.27. The predicted octanol–water partition coefficient (Wildman–Crippen LogP) is 3.81. The number of rotatable bonds is 4. The summed E-state index contributed by atoms with van der Waals surface area (Å²) < 4.78 is 0. The summed E-state index contributed by atoms with van der Waals surface area (Å²) in [5.41, 5.74) is 0. The molecule has 2 fully saturated rings. The van der Waals surface area contributed by atoms with Gasteiger partial charge in [0.15, 0.2) is 0 Å². The molecule has 0 amide bonds. The van der Waals surface area contributed by atoms with Crippen molar-refractivity contribution in [1.29, 1.82) is 0 Å². The van der Waals surface area contributed by atoms with E-state index in [0.717, 1.165) is 24.0 Å². The average Bonchev–Trinajstić information content (AvgIpc) is 2.74. The van der Waals surface area contributed by atoms with Gasteiger partial charge in [-0.1, -0.05) is 52.9 Å². The van der Waals surface area contributed by atoms with Gasteiger partial charge in [-0.15, -0.1) is 0 Å². The van der Waals surface area contributed by atoms with Crippen LogP contribution in [0.1, 0.15) is 72.1 Å². The molecule has 1 saturated heterocycles. The van der Waals surface area contributed by atoms with Gasteiger partial charge >= 0.3 is 0 Å². The highest BCUT2D eigenvalue weighted by molar-refractivity contribution is 4.91. The van der Waals surface area contributed by atoms with Crippen molar-refractivity contribution < 1.29 is 0 Å². The second kappa shape index (κ2) is 7.64. The van der Waals surface area contributed by atoms with E-state index >= 15 is 0 Å². The Hall–Kier alpha value is -0.0800. The van der Waals surface area contributed by atoms with E-state index in [1.54, 1.807) is 0 Å². The standard InChI is InChI=1S/C17H34N2/c1-4-14(3)17-13-19(15(5-2)12-18-17)16-10-8-6-7-9-11-16/h14-18H,4-13H2,1-3H3. The molecule has 3 atom stereocenters. The maximum absolute atomic E-state index is 3.81. The molecule has 0 radical (unpaired) electrons. The largest absolute Gasteiger partial charge is 0.311 e. The number of nitrogens with one attached hydrogen (secondary N) is 1. The molecule has 3 unspecified atom stereocenters. The van der Waals surface area contributed by atoms with Crippen LogP contribution in [0.5, 0.6) is 0 Å². The summed E-state index contributed by atoms with van der Waals surface area (Å²) in [6, 6.07) is 2.38. The molecule has 0 bridgehead atoms. The van der Waals surface area contributed by atoms with Crippen LogP contribution in [0.3, 0.4) is 0 Å². The first-order valence-corrected chi connectivity index (χ1v) is 8.75. The van der Waals surface area contributed by atoms with Crippen LogP contribution in [-0.4, -0.2) is 36.1 Å². The Morgan fingerprint density at radius 1 is 1.11 bits per heavy atom. The van der Waals surface area contributed by atoms with Gasteiger partial charge in [-0.05, 0) is 25.2 Å². The fraction of sp³-hybridized carbons (Fsp3) is 1.00. The molecule has 1 aliphatic carbocycles. The number of hydrogen-bond donors (Lipinski definition) is 1. The number of hydrogen-bond acceptors (Lipinski definition) is 2. The summed E-state index contributed by atoms with van der Waals surface area (Å²) in [5.74, 6) is 0.811. The molecule has 1 N–H and O–H groups in total. The molecule has 2 nitrogen and oxygen atoms in total. The minimum atomic E-state index is 0.719. The summed E-state index contributed by atoms with van der Waals surface area (Å²) in [6.07, 6.45) is 11.3. The molecule has 0 aromatic rings. The number of nitrogens with zero attached hydrogens (tertiary/aromatic N) is 1. The van der Waals surface area contributed by atoms with Gasteiger partial charge in [0.25, 0.3) is 0 Å². The molecule has 1 heterocycles. The Kier molecular flexibility index (Phi) is 6.15. The molecular formula is C17H34N2. The van der Waals surface area contributed by atoms with Crippen LogP contribution in [-0.2, 0) is 0 Å². The van der Waals surface area contributed by atoms with Crippen molar-refractivity contribution in [2.75, 3.05) is 13.1 Å². The zero-order chi connectivity index (χ0) is 13.7. The molecule has 112 valence electrons. The third-order valence-electron chi connectivity index (χ3n) is 5.59. The molecule has 0 spiro atoms. The average molecular weight is 266 g/mol. The van der Waals surface area contributed by atoms with Crippen molar-refractivity contribution in [3.8, 4) is 0 Å². The maximum Gasteiger partial charge on any atom is 0.0221 e. The van der Waals surface area contributed by atoms with Crippen molar-refractivity contribution in [1.82, 2.24) is 10.2 Å².